The van der Waals surface area contributed by atoms with Crippen LogP contribution in [-0.2, 0) is 13.0 Å². The molecule has 0 spiro atoms. The average molecular weight is 414 g/mol. The van der Waals surface area contributed by atoms with Crippen molar-refractivity contribution in [3.63, 3.8) is 0 Å². The summed E-state index contributed by atoms with van der Waals surface area (Å²) >= 11 is 0. The van der Waals surface area contributed by atoms with Gasteiger partial charge in [0.1, 0.15) is 5.69 Å². The zero-order valence-electron chi connectivity index (χ0n) is 16.4. The lowest BCUT2D eigenvalue weighted by Crippen LogP contribution is -2.36. The molecule has 1 aromatic carbocycles. The summed E-state index contributed by atoms with van der Waals surface area (Å²) < 4.78 is 5.40. The van der Waals surface area contributed by atoms with Crippen molar-refractivity contribution in [3.05, 3.63) is 78.6 Å². The van der Waals surface area contributed by atoms with Crippen LogP contribution in [0.1, 0.15) is 22.1 Å². The third-order valence-electron chi connectivity index (χ3n) is 4.95. The van der Waals surface area contributed by atoms with Crippen LogP contribution in [-0.4, -0.2) is 52.7 Å². The van der Waals surface area contributed by atoms with Gasteiger partial charge in [0.25, 0.3) is 5.89 Å². The Labute approximate surface area is 176 Å². The summed E-state index contributed by atoms with van der Waals surface area (Å²) in [6.07, 6.45) is 7.61. The number of amides is 1. The lowest BCUT2D eigenvalue weighted by molar-refractivity contribution is 0.0692. The maximum atomic E-state index is 12.4. The second-order valence-electron chi connectivity index (χ2n) is 6.91. The molecule has 2 N–H and O–H groups in total. The molecular weight excluding hydrogens is 396 g/mol. The number of aromatic nitrogens is 7. The molecule has 0 aliphatic carbocycles. The highest BCUT2D eigenvalue weighted by Gasteiger charge is 2.27. The van der Waals surface area contributed by atoms with Crippen LogP contribution in [0.25, 0.3) is 22.4 Å². The van der Waals surface area contributed by atoms with Gasteiger partial charge in [-0.05, 0) is 22.9 Å². The largest absolute Gasteiger partial charge is 0.411 e. The second-order valence-corrected chi connectivity index (χ2v) is 6.91. The van der Waals surface area contributed by atoms with E-state index in [-0.39, 0.29) is 17.7 Å². The normalized spacial score (nSPS) is 12.8. The molecule has 4 aromatic heterocycles. The standard InChI is InChI=1S/C12H11N7O2.C9H7N/c20-12(19-4-2-7-9(5-19)14-6-13-7)11-18-17-10(21-11)8-1-3-15-16-8;1-2-4-9-7-10-6-5-8(9)3-1/h1,3,6H,2,4-5H2,(H,13,14)(H,15,16);1-7H. The van der Waals surface area contributed by atoms with Crippen LogP contribution in [0.2, 0.25) is 0 Å². The van der Waals surface area contributed by atoms with Crippen molar-refractivity contribution in [1.29, 1.82) is 0 Å². The first-order valence-electron chi connectivity index (χ1n) is 9.70. The number of imidazole rings is 1. The maximum absolute atomic E-state index is 12.4. The molecule has 0 saturated heterocycles. The monoisotopic (exact) mass is 414 g/mol. The van der Waals surface area contributed by atoms with E-state index in [9.17, 15) is 4.79 Å². The van der Waals surface area contributed by atoms with E-state index >= 15 is 0 Å². The van der Waals surface area contributed by atoms with Gasteiger partial charge in [0.2, 0.25) is 0 Å². The number of carbonyl (C=O) groups excluding carboxylic acids is 1. The molecule has 5 heterocycles. The van der Waals surface area contributed by atoms with Crippen molar-refractivity contribution >= 4 is 16.7 Å². The number of aromatic amines is 2. The van der Waals surface area contributed by atoms with Crippen LogP contribution in [0, 0.1) is 0 Å². The number of nitrogens with zero attached hydrogens (tertiary/aromatic N) is 6. The van der Waals surface area contributed by atoms with Gasteiger partial charge in [0, 0.05) is 31.6 Å². The highest BCUT2D eigenvalue weighted by molar-refractivity contribution is 5.89. The first-order valence-corrected chi connectivity index (χ1v) is 9.70. The Balaban J connectivity index is 0.000000171. The van der Waals surface area contributed by atoms with E-state index in [2.05, 4.69) is 47.5 Å². The van der Waals surface area contributed by atoms with Crippen molar-refractivity contribution < 1.29 is 9.21 Å². The Morgan fingerprint density at radius 3 is 2.81 bits per heavy atom. The number of carbonyl (C=O) groups is 1. The highest BCUT2D eigenvalue weighted by atomic mass is 16.4. The molecule has 0 unspecified atom stereocenters. The van der Waals surface area contributed by atoms with Gasteiger partial charge in [-0.2, -0.15) is 5.10 Å². The zero-order valence-corrected chi connectivity index (χ0v) is 16.4. The first kappa shape index (κ1) is 18.7. The lowest BCUT2D eigenvalue weighted by atomic mass is 10.1. The lowest BCUT2D eigenvalue weighted by Gasteiger charge is -2.24. The third-order valence-corrected chi connectivity index (χ3v) is 4.95. The molecule has 1 aliphatic rings. The summed E-state index contributed by atoms with van der Waals surface area (Å²) in [5, 5.41) is 16.6. The molecule has 154 valence electrons. The number of pyridine rings is 1. The molecule has 10 heteroatoms. The third kappa shape index (κ3) is 3.90. The van der Waals surface area contributed by atoms with Gasteiger partial charge in [0.05, 0.1) is 24.3 Å². The number of benzene rings is 1. The van der Waals surface area contributed by atoms with Crippen molar-refractivity contribution in [2.75, 3.05) is 6.54 Å². The van der Waals surface area contributed by atoms with E-state index in [1.165, 1.54) is 10.8 Å². The van der Waals surface area contributed by atoms with E-state index in [1.54, 1.807) is 23.5 Å². The Morgan fingerprint density at radius 2 is 1.97 bits per heavy atom. The van der Waals surface area contributed by atoms with Gasteiger partial charge in [-0.1, -0.05) is 24.3 Å². The van der Waals surface area contributed by atoms with Gasteiger partial charge in [-0.25, -0.2) is 4.98 Å². The van der Waals surface area contributed by atoms with Gasteiger partial charge < -0.3 is 14.3 Å². The SMILES string of the molecule is O=C(c1nnc(-c2ccn[nH]2)o1)N1CCc2nc[nH]c2C1.c1ccc2cnccc2c1. The molecule has 0 atom stereocenters. The quantitative estimate of drug-likeness (QED) is 0.454. The van der Waals surface area contributed by atoms with Gasteiger partial charge in [-0.15, -0.1) is 10.2 Å². The Kier molecular flexibility index (Phi) is 4.93. The number of H-pyrrole nitrogens is 2. The number of nitrogens with one attached hydrogen (secondary N) is 2. The minimum Gasteiger partial charge on any atom is -0.411 e. The zero-order chi connectivity index (χ0) is 21.0. The Hall–Kier alpha value is -4.34. The van der Waals surface area contributed by atoms with Crippen molar-refractivity contribution in [3.8, 4) is 11.6 Å². The molecular formula is C21H18N8O2. The Bertz CT molecular complexity index is 1240. The van der Waals surface area contributed by atoms with E-state index < -0.39 is 0 Å². The van der Waals surface area contributed by atoms with Crippen LogP contribution in [0.4, 0.5) is 0 Å². The van der Waals surface area contributed by atoms with Crippen LogP contribution in [0.3, 0.4) is 0 Å². The minimum absolute atomic E-state index is 0.0254. The summed E-state index contributed by atoms with van der Waals surface area (Å²) in [5.41, 5.74) is 2.53. The summed E-state index contributed by atoms with van der Waals surface area (Å²) in [5.74, 6) is -0.0637. The van der Waals surface area contributed by atoms with E-state index in [1.807, 2.05) is 30.6 Å². The van der Waals surface area contributed by atoms with Gasteiger partial charge >= 0.3 is 11.8 Å². The van der Waals surface area contributed by atoms with Gasteiger partial charge in [-0.3, -0.25) is 14.9 Å². The summed E-state index contributed by atoms with van der Waals surface area (Å²) in [6.45, 7) is 1.05. The summed E-state index contributed by atoms with van der Waals surface area (Å²) in [4.78, 5) is 25.3. The molecule has 5 aromatic rings. The molecule has 0 radical (unpaired) electrons. The molecule has 0 fully saturated rings. The van der Waals surface area contributed by atoms with Crippen LogP contribution in [0.15, 0.2) is 65.7 Å². The summed E-state index contributed by atoms with van der Waals surface area (Å²) in [6, 6.07) is 11.9. The van der Waals surface area contributed by atoms with E-state index in [0.717, 1.165) is 11.4 Å². The van der Waals surface area contributed by atoms with Crippen molar-refractivity contribution in [1.82, 2.24) is 40.2 Å². The molecule has 0 bridgehead atoms. The number of rotatable bonds is 2. The van der Waals surface area contributed by atoms with Crippen LogP contribution < -0.4 is 0 Å². The highest BCUT2D eigenvalue weighted by Crippen LogP contribution is 2.19. The van der Waals surface area contributed by atoms with E-state index in [4.69, 9.17) is 4.42 Å². The van der Waals surface area contributed by atoms with E-state index in [0.29, 0.717) is 25.2 Å². The number of fused-ring (bicyclic) bond motifs is 2. The minimum atomic E-state index is -0.284. The molecule has 0 saturated carbocycles. The van der Waals surface area contributed by atoms with Crippen LogP contribution >= 0.6 is 0 Å². The molecule has 1 amide bonds. The predicted molar refractivity (Wildman–Crippen MR) is 111 cm³/mol. The maximum Gasteiger partial charge on any atom is 0.311 e. The smallest absolute Gasteiger partial charge is 0.311 e. The molecule has 1 aliphatic heterocycles. The van der Waals surface area contributed by atoms with Crippen molar-refractivity contribution in [2.45, 2.75) is 13.0 Å². The number of hydrogen-bond donors (Lipinski definition) is 2. The first-order chi connectivity index (χ1) is 15.3. The fourth-order valence-electron chi connectivity index (χ4n) is 3.34. The summed E-state index contributed by atoms with van der Waals surface area (Å²) in [7, 11) is 0. The fraction of sp³-hybridized carbons (Fsp3) is 0.143. The number of hydrogen-bond acceptors (Lipinski definition) is 7. The van der Waals surface area contributed by atoms with Gasteiger partial charge in [0.15, 0.2) is 0 Å². The molecule has 6 rings (SSSR count). The van der Waals surface area contributed by atoms with Crippen molar-refractivity contribution in [2.24, 2.45) is 0 Å². The fourth-order valence-corrected chi connectivity index (χ4v) is 3.34. The topological polar surface area (TPSA) is 129 Å². The molecule has 31 heavy (non-hydrogen) atoms. The average Bonchev–Trinajstić information content (AvgIpc) is 3.60. The Morgan fingerprint density at radius 1 is 1.06 bits per heavy atom. The predicted octanol–water partition coefficient (Wildman–Crippen LogP) is 2.62. The molecule has 10 nitrogen and oxygen atoms in total. The second kappa shape index (κ2) is 8.19. The van der Waals surface area contributed by atoms with Crippen LogP contribution in [0.5, 0.6) is 0 Å².